The lowest BCUT2D eigenvalue weighted by Crippen LogP contribution is -2.52. The average Bonchev–Trinajstić information content (AvgIpc) is 2.61. The zero-order valence-electron chi connectivity index (χ0n) is 14.6. The maximum absolute atomic E-state index is 13.5. The molecule has 2 aromatic rings. The molecule has 26 heavy (non-hydrogen) atoms. The van der Waals surface area contributed by atoms with Gasteiger partial charge >= 0.3 is 0 Å². The van der Waals surface area contributed by atoms with Gasteiger partial charge in [-0.05, 0) is 25.0 Å². The molecule has 136 valence electrons. The van der Waals surface area contributed by atoms with Crippen LogP contribution in [0.5, 0.6) is 0 Å². The van der Waals surface area contributed by atoms with Gasteiger partial charge in [0.25, 0.3) is 0 Å². The summed E-state index contributed by atoms with van der Waals surface area (Å²) >= 11 is 0. The Morgan fingerprint density at radius 1 is 0.769 bits per heavy atom. The second-order valence-corrected chi connectivity index (χ2v) is 6.71. The number of carbonyl (C=O) groups is 1. The average molecular weight is 356 g/mol. The summed E-state index contributed by atoms with van der Waals surface area (Å²) in [7, 11) is 0. The molecule has 0 aliphatic heterocycles. The lowest BCUT2D eigenvalue weighted by molar-refractivity contribution is -0.492. The Labute approximate surface area is 151 Å². The van der Waals surface area contributed by atoms with Crippen molar-refractivity contribution in [3.05, 3.63) is 92.0 Å². The van der Waals surface area contributed by atoms with E-state index in [2.05, 4.69) is 0 Å². The van der Waals surface area contributed by atoms with E-state index in [1.54, 1.807) is 60.7 Å². The molecule has 0 spiro atoms. The largest absolute Gasteiger partial charge is 0.297 e. The number of ketones is 1. The molecule has 2 aromatic carbocycles. The molecule has 0 aliphatic rings. The Morgan fingerprint density at radius 2 is 1.08 bits per heavy atom. The van der Waals surface area contributed by atoms with E-state index in [-0.39, 0.29) is 0 Å². The number of nitro groups is 2. The van der Waals surface area contributed by atoms with Crippen molar-refractivity contribution >= 4 is 5.78 Å². The Bertz CT molecular complexity index is 742. The van der Waals surface area contributed by atoms with Gasteiger partial charge in [-0.1, -0.05) is 60.7 Å². The van der Waals surface area contributed by atoms with E-state index < -0.39 is 39.5 Å². The molecule has 0 aliphatic carbocycles. The van der Waals surface area contributed by atoms with Crippen LogP contribution in [-0.2, 0) is 15.6 Å². The topological polar surface area (TPSA) is 103 Å². The molecular formula is C19H20N2O5. The number of benzene rings is 2. The highest BCUT2D eigenvalue weighted by Crippen LogP contribution is 2.36. The van der Waals surface area contributed by atoms with E-state index in [4.69, 9.17) is 0 Å². The van der Waals surface area contributed by atoms with Crippen molar-refractivity contribution in [3.8, 4) is 0 Å². The smallest absolute Gasteiger partial charge is 0.220 e. The molecule has 0 bridgehead atoms. The fraction of sp³-hybridized carbons (Fsp3) is 0.316. The molecular weight excluding hydrogens is 336 g/mol. The number of rotatable bonds is 8. The first-order valence-corrected chi connectivity index (χ1v) is 8.10. The third-order valence-corrected chi connectivity index (χ3v) is 4.71. The van der Waals surface area contributed by atoms with E-state index in [9.17, 15) is 25.0 Å². The molecule has 0 saturated carbocycles. The number of hydrogen-bond donors (Lipinski definition) is 0. The molecule has 7 nitrogen and oxygen atoms in total. The van der Waals surface area contributed by atoms with Crippen LogP contribution in [-0.4, -0.2) is 28.7 Å². The second kappa shape index (κ2) is 7.43. The molecule has 0 heterocycles. The highest BCUT2D eigenvalue weighted by Gasteiger charge is 2.52. The van der Waals surface area contributed by atoms with Gasteiger partial charge in [0.1, 0.15) is 10.8 Å². The molecule has 2 unspecified atom stereocenters. The lowest BCUT2D eigenvalue weighted by Gasteiger charge is -2.34. The summed E-state index contributed by atoms with van der Waals surface area (Å²) in [6.45, 7) is 1.68. The third-order valence-electron chi connectivity index (χ3n) is 4.71. The monoisotopic (exact) mass is 356 g/mol. The standard InChI is InChI=1S/C19H20N2O5/c1-18(13-20(23)24,15-9-5-3-6-10-15)17(22)19(2,14-21(25)26)16-11-7-4-8-12-16/h3-12H,13-14H2,1-2H3. The van der Waals surface area contributed by atoms with Gasteiger partial charge in [-0.25, -0.2) is 0 Å². The number of nitrogens with zero attached hydrogens (tertiary/aromatic N) is 2. The van der Waals surface area contributed by atoms with E-state index in [0.717, 1.165) is 0 Å². The number of hydrogen-bond acceptors (Lipinski definition) is 5. The fourth-order valence-electron chi connectivity index (χ4n) is 3.33. The van der Waals surface area contributed by atoms with Crippen molar-refractivity contribution in [2.24, 2.45) is 0 Å². The molecule has 0 fully saturated rings. The minimum absolute atomic E-state index is 0.465. The zero-order valence-corrected chi connectivity index (χ0v) is 14.6. The van der Waals surface area contributed by atoms with E-state index >= 15 is 0 Å². The van der Waals surface area contributed by atoms with Gasteiger partial charge in [0.05, 0.1) is 0 Å². The van der Waals surface area contributed by atoms with E-state index in [0.29, 0.717) is 11.1 Å². The predicted molar refractivity (Wildman–Crippen MR) is 96.3 cm³/mol. The Balaban J connectivity index is 2.63. The molecule has 0 saturated heterocycles. The van der Waals surface area contributed by atoms with E-state index in [1.807, 2.05) is 0 Å². The van der Waals surface area contributed by atoms with Crippen molar-refractivity contribution in [1.29, 1.82) is 0 Å². The molecule has 0 N–H and O–H groups in total. The molecule has 7 heteroatoms. The Kier molecular flexibility index (Phi) is 5.50. The van der Waals surface area contributed by atoms with Crippen LogP contribution >= 0.6 is 0 Å². The molecule has 0 radical (unpaired) electrons. The summed E-state index contributed by atoms with van der Waals surface area (Å²) in [5, 5.41) is 22.6. The van der Waals surface area contributed by atoms with Crippen LogP contribution < -0.4 is 0 Å². The summed E-state index contributed by atoms with van der Waals surface area (Å²) in [5.74, 6) is -0.546. The van der Waals surface area contributed by atoms with Crippen molar-refractivity contribution in [1.82, 2.24) is 0 Å². The van der Waals surface area contributed by atoms with Gasteiger partial charge in [0, 0.05) is 9.85 Å². The van der Waals surface area contributed by atoms with Crippen LogP contribution in [0.2, 0.25) is 0 Å². The van der Waals surface area contributed by atoms with Crippen LogP contribution in [0.25, 0.3) is 0 Å². The van der Waals surface area contributed by atoms with E-state index in [1.165, 1.54) is 13.8 Å². The minimum atomic E-state index is -1.49. The number of Topliss-reactive ketones (excluding diaryl/α,β-unsaturated/α-hetero) is 1. The highest BCUT2D eigenvalue weighted by molar-refractivity contribution is 5.98. The summed E-state index contributed by atoms with van der Waals surface area (Å²) < 4.78 is 0. The predicted octanol–water partition coefficient (Wildman–Crippen LogP) is 3.02. The normalized spacial score (nSPS) is 15.5. The minimum Gasteiger partial charge on any atom is -0.297 e. The van der Waals surface area contributed by atoms with Gasteiger partial charge < -0.3 is 0 Å². The highest BCUT2D eigenvalue weighted by atomic mass is 16.6. The zero-order chi connectivity index (χ0) is 19.4. The molecule has 2 rings (SSSR count). The van der Waals surface area contributed by atoms with Gasteiger partial charge in [-0.15, -0.1) is 0 Å². The van der Waals surface area contributed by atoms with Crippen LogP contribution in [0.15, 0.2) is 60.7 Å². The van der Waals surface area contributed by atoms with Crippen molar-refractivity contribution in [3.63, 3.8) is 0 Å². The Morgan fingerprint density at radius 3 is 1.35 bits per heavy atom. The van der Waals surface area contributed by atoms with Crippen LogP contribution in [0.3, 0.4) is 0 Å². The fourth-order valence-corrected chi connectivity index (χ4v) is 3.33. The summed E-state index contributed by atoms with van der Waals surface area (Å²) in [5.41, 5.74) is -2.06. The van der Waals surface area contributed by atoms with Crippen molar-refractivity contribution < 1.29 is 14.6 Å². The van der Waals surface area contributed by atoms with Gasteiger partial charge in [-0.3, -0.25) is 25.0 Å². The third kappa shape index (κ3) is 3.77. The first-order valence-electron chi connectivity index (χ1n) is 8.10. The second-order valence-electron chi connectivity index (χ2n) is 6.71. The first kappa shape index (κ1) is 19.2. The summed E-state index contributed by atoms with van der Waals surface area (Å²) in [6.07, 6.45) is 0. The van der Waals surface area contributed by atoms with Crippen LogP contribution in [0.4, 0.5) is 0 Å². The lowest BCUT2D eigenvalue weighted by atomic mass is 9.65. The van der Waals surface area contributed by atoms with Gasteiger partial charge in [0.2, 0.25) is 13.1 Å². The van der Waals surface area contributed by atoms with Gasteiger partial charge in [0.15, 0.2) is 5.78 Å². The van der Waals surface area contributed by atoms with Crippen molar-refractivity contribution in [2.75, 3.05) is 13.1 Å². The molecule has 0 aromatic heterocycles. The maximum Gasteiger partial charge on any atom is 0.220 e. The van der Waals surface area contributed by atoms with Gasteiger partial charge in [-0.2, -0.15) is 0 Å². The maximum atomic E-state index is 13.5. The quantitative estimate of drug-likeness (QED) is 0.534. The SMILES string of the molecule is CC(C[N+](=O)[O-])(C(=O)C(C)(C[N+](=O)[O-])c1ccccc1)c1ccccc1. The molecule has 0 amide bonds. The van der Waals surface area contributed by atoms with Crippen molar-refractivity contribution in [2.45, 2.75) is 24.7 Å². The molecule has 2 atom stereocenters. The first-order chi connectivity index (χ1) is 12.2. The van der Waals surface area contributed by atoms with Crippen LogP contribution in [0.1, 0.15) is 25.0 Å². The van der Waals surface area contributed by atoms with Crippen LogP contribution in [0, 0.1) is 20.2 Å². The number of carbonyl (C=O) groups excluding carboxylic acids is 1. The Hall–Kier alpha value is -3.09. The summed E-state index contributed by atoms with van der Waals surface area (Å²) in [4.78, 5) is 35.0. The summed E-state index contributed by atoms with van der Waals surface area (Å²) in [6, 6.07) is 16.8.